The van der Waals surface area contributed by atoms with Gasteiger partial charge in [-0.15, -0.1) is 0 Å². The van der Waals surface area contributed by atoms with Crippen molar-refractivity contribution in [2.24, 2.45) is 5.92 Å². The molecule has 37 heavy (non-hydrogen) atoms. The molecule has 1 saturated carbocycles. The lowest BCUT2D eigenvalue weighted by Gasteiger charge is -2.16. The number of carbonyl (C=O) groups is 2. The van der Waals surface area contributed by atoms with E-state index in [0.717, 1.165) is 12.8 Å². The van der Waals surface area contributed by atoms with Crippen molar-refractivity contribution in [1.82, 2.24) is 25.3 Å². The highest BCUT2D eigenvalue weighted by molar-refractivity contribution is 7.92. The summed E-state index contributed by atoms with van der Waals surface area (Å²) < 4.78 is 30.4. The number of amides is 2. The predicted molar refractivity (Wildman–Crippen MR) is 136 cm³/mol. The van der Waals surface area contributed by atoms with Crippen LogP contribution in [0.4, 0.5) is 17.3 Å². The molecule has 1 fully saturated rings. The fourth-order valence-electron chi connectivity index (χ4n) is 3.44. The van der Waals surface area contributed by atoms with Gasteiger partial charge in [-0.1, -0.05) is 0 Å². The van der Waals surface area contributed by atoms with E-state index in [0.29, 0.717) is 11.3 Å². The summed E-state index contributed by atoms with van der Waals surface area (Å²) in [6, 6.07) is 3.17. The van der Waals surface area contributed by atoms with E-state index in [9.17, 15) is 18.0 Å². The van der Waals surface area contributed by atoms with Crippen molar-refractivity contribution in [3.05, 3.63) is 42.5 Å². The lowest BCUT2D eigenvalue weighted by molar-refractivity contribution is -0.117. The number of rotatable bonds is 9. The van der Waals surface area contributed by atoms with Gasteiger partial charge in [0, 0.05) is 43.8 Å². The molecule has 4 rings (SSSR count). The third-order valence-electron chi connectivity index (χ3n) is 5.75. The Hall–Kier alpha value is -4.13. The quantitative estimate of drug-likeness (QED) is 0.378. The van der Waals surface area contributed by atoms with Crippen molar-refractivity contribution >= 4 is 39.0 Å². The molecule has 1 aliphatic carbocycles. The van der Waals surface area contributed by atoms with Gasteiger partial charge >= 0.3 is 0 Å². The summed E-state index contributed by atoms with van der Waals surface area (Å²) in [6.07, 6.45) is 7.05. The third-order valence-corrected chi connectivity index (χ3v) is 7.86. The maximum Gasteiger partial charge on any atom is 0.254 e. The summed E-state index contributed by atoms with van der Waals surface area (Å²) in [4.78, 5) is 41.7. The number of ether oxygens (including phenoxy) is 1. The monoisotopic (exact) mass is 525 g/mol. The van der Waals surface area contributed by atoms with Gasteiger partial charge in [0.2, 0.25) is 5.91 Å². The molecule has 0 aromatic carbocycles. The normalized spacial score (nSPS) is 13.2. The van der Waals surface area contributed by atoms with Crippen molar-refractivity contribution in [3.8, 4) is 17.1 Å². The molecule has 3 aromatic rings. The number of hydrogen-bond donors (Lipinski definition) is 3. The molecule has 0 unspecified atom stereocenters. The smallest absolute Gasteiger partial charge is 0.254 e. The lowest BCUT2D eigenvalue weighted by atomic mass is 10.2. The average Bonchev–Trinajstić information content (AvgIpc) is 3.74. The molecule has 194 valence electrons. The van der Waals surface area contributed by atoms with E-state index in [2.05, 4.69) is 35.9 Å². The maximum atomic E-state index is 12.5. The molecular weight excluding hydrogens is 498 g/mol. The minimum Gasteiger partial charge on any atom is -0.492 e. The van der Waals surface area contributed by atoms with Gasteiger partial charge in [0.05, 0.1) is 29.2 Å². The molecule has 12 nitrogen and oxygen atoms in total. The Morgan fingerprint density at radius 2 is 1.78 bits per heavy atom. The van der Waals surface area contributed by atoms with Gasteiger partial charge in [-0.2, -0.15) is 0 Å². The molecule has 0 saturated heterocycles. The van der Waals surface area contributed by atoms with Gasteiger partial charge in [-0.3, -0.25) is 9.59 Å². The van der Waals surface area contributed by atoms with E-state index in [1.807, 2.05) is 0 Å². The first-order valence-electron chi connectivity index (χ1n) is 11.5. The second-order valence-electron chi connectivity index (χ2n) is 8.66. The van der Waals surface area contributed by atoms with Gasteiger partial charge in [-0.25, -0.2) is 28.4 Å². The van der Waals surface area contributed by atoms with Crippen LogP contribution in [0.5, 0.6) is 5.75 Å². The van der Waals surface area contributed by atoms with Crippen LogP contribution in [0.15, 0.2) is 41.8 Å². The van der Waals surface area contributed by atoms with Crippen LogP contribution in [0, 0.1) is 5.92 Å². The van der Waals surface area contributed by atoms with E-state index >= 15 is 0 Å². The highest BCUT2D eigenvalue weighted by Gasteiger charge is 2.30. The summed E-state index contributed by atoms with van der Waals surface area (Å²) in [6.45, 7) is 3.17. The van der Waals surface area contributed by atoms with E-state index in [1.54, 1.807) is 26.0 Å². The van der Waals surface area contributed by atoms with Crippen LogP contribution in [0.2, 0.25) is 0 Å². The molecule has 2 amide bonds. The van der Waals surface area contributed by atoms with Gasteiger partial charge in [0.25, 0.3) is 5.91 Å². The molecule has 0 radical (unpaired) electrons. The first kappa shape index (κ1) is 25.9. The lowest BCUT2D eigenvalue weighted by Crippen LogP contribution is -2.20. The predicted octanol–water partition coefficient (Wildman–Crippen LogP) is 2.58. The fourth-order valence-corrected chi connectivity index (χ4v) is 4.38. The highest BCUT2D eigenvalue weighted by Crippen LogP contribution is 2.36. The molecule has 1 aliphatic rings. The average molecular weight is 526 g/mol. The van der Waals surface area contributed by atoms with Crippen molar-refractivity contribution in [3.63, 3.8) is 0 Å². The molecule has 0 bridgehead atoms. The van der Waals surface area contributed by atoms with Crippen LogP contribution < -0.4 is 20.7 Å². The van der Waals surface area contributed by atoms with Crippen LogP contribution in [-0.4, -0.2) is 59.6 Å². The van der Waals surface area contributed by atoms with Crippen LogP contribution in [0.1, 0.15) is 37.0 Å². The number of pyridine rings is 2. The van der Waals surface area contributed by atoms with Crippen LogP contribution in [0.25, 0.3) is 11.4 Å². The minimum atomic E-state index is -3.52. The Balaban J connectivity index is 1.70. The summed E-state index contributed by atoms with van der Waals surface area (Å²) in [5.41, 5.74) is 1.01. The molecule has 0 aliphatic heterocycles. The zero-order valence-corrected chi connectivity index (χ0v) is 21.6. The Morgan fingerprint density at radius 1 is 1.08 bits per heavy atom. The summed E-state index contributed by atoms with van der Waals surface area (Å²) in [5.74, 6) is 0.496. The zero-order chi connectivity index (χ0) is 26.7. The van der Waals surface area contributed by atoms with Gasteiger partial charge in [0.1, 0.15) is 10.7 Å². The molecule has 0 spiro atoms. The van der Waals surface area contributed by atoms with Crippen LogP contribution >= 0.6 is 0 Å². The molecule has 0 atom stereocenters. The molecule has 3 N–H and O–H groups in total. The number of nitrogens with zero attached hydrogens (tertiary/aromatic N) is 4. The Labute approximate surface area is 214 Å². The third kappa shape index (κ3) is 5.50. The topological polar surface area (TPSA) is 165 Å². The molecular formula is C24H27N7O5S. The number of nitrogens with one attached hydrogen (secondary N) is 3. The Morgan fingerprint density at radius 3 is 2.38 bits per heavy atom. The molecule has 13 heteroatoms. The van der Waals surface area contributed by atoms with Crippen molar-refractivity contribution in [2.75, 3.05) is 24.8 Å². The number of anilines is 3. The second-order valence-corrected chi connectivity index (χ2v) is 11.2. The molecule has 3 aromatic heterocycles. The second kappa shape index (κ2) is 10.5. The Bertz CT molecular complexity index is 1440. The van der Waals surface area contributed by atoms with E-state index in [1.165, 1.54) is 38.9 Å². The first-order valence-corrected chi connectivity index (χ1v) is 13.1. The first-order chi connectivity index (χ1) is 17.6. The van der Waals surface area contributed by atoms with E-state index in [-0.39, 0.29) is 45.5 Å². The van der Waals surface area contributed by atoms with Crippen molar-refractivity contribution in [1.29, 1.82) is 0 Å². The van der Waals surface area contributed by atoms with Crippen molar-refractivity contribution < 1.29 is 22.7 Å². The van der Waals surface area contributed by atoms with Gasteiger partial charge in [-0.05, 0) is 32.8 Å². The van der Waals surface area contributed by atoms with E-state index < -0.39 is 21.0 Å². The molecule has 3 heterocycles. The van der Waals surface area contributed by atoms with Crippen LogP contribution in [0.3, 0.4) is 0 Å². The standard InChI is InChI=1S/C24H27N7O5S/c1-13(2)37(34,35)15-10-28-21(29-11-15)16-7-8-26-22(20(16)36-4)30-18-9-19(31-23(32)14-5-6-14)27-12-17(18)24(33)25-3/h7-14H,5-6H2,1-4H3,(H,25,33)(H2,26,27,30,31,32). The zero-order valence-electron chi connectivity index (χ0n) is 20.8. The summed E-state index contributed by atoms with van der Waals surface area (Å²) in [5, 5.41) is 7.80. The number of methoxy groups -OCH3 is 1. The number of aromatic nitrogens is 4. The van der Waals surface area contributed by atoms with E-state index in [4.69, 9.17) is 4.74 Å². The SMILES string of the molecule is CNC(=O)c1cnc(NC(=O)C2CC2)cc1Nc1nccc(-c2ncc(S(=O)(=O)C(C)C)cn2)c1OC. The van der Waals surface area contributed by atoms with Crippen LogP contribution in [-0.2, 0) is 14.6 Å². The summed E-state index contributed by atoms with van der Waals surface area (Å²) in [7, 11) is -0.589. The Kier molecular flexibility index (Phi) is 7.34. The number of sulfone groups is 1. The summed E-state index contributed by atoms with van der Waals surface area (Å²) >= 11 is 0. The maximum absolute atomic E-state index is 12.5. The number of hydrogen-bond acceptors (Lipinski definition) is 10. The van der Waals surface area contributed by atoms with Gasteiger partial charge < -0.3 is 20.7 Å². The number of carbonyl (C=O) groups excluding carboxylic acids is 2. The van der Waals surface area contributed by atoms with Crippen molar-refractivity contribution in [2.45, 2.75) is 36.8 Å². The fraction of sp³-hybridized carbons (Fsp3) is 0.333. The highest BCUT2D eigenvalue weighted by atomic mass is 32.2. The largest absolute Gasteiger partial charge is 0.492 e. The van der Waals surface area contributed by atoms with Gasteiger partial charge in [0.15, 0.2) is 27.2 Å². The minimum absolute atomic E-state index is 0.0165.